The van der Waals surface area contributed by atoms with Gasteiger partial charge in [0.25, 0.3) is 0 Å². The minimum atomic E-state index is -1.27. The van der Waals surface area contributed by atoms with Gasteiger partial charge in [0.15, 0.2) is 12.1 Å². The van der Waals surface area contributed by atoms with Gasteiger partial charge in [0.2, 0.25) is 0 Å². The Bertz CT molecular complexity index is 861. The summed E-state index contributed by atoms with van der Waals surface area (Å²) in [5, 5.41) is 11.4. The van der Waals surface area contributed by atoms with E-state index in [1.54, 1.807) is 19.6 Å². The zero-order valence-corrected chi connectivity index (χ0v) is 18.2. The third-order valence-corrected chi connectivity index (χ3v) is 8.58. The second-order valence-corrected chi connectivity index (χ2v) is 9.64. The number of epoxide rings is 1. The smallest absolute Gasteiger partial charge is 0.302 e. The molecule has 0 amide bonds. The summed E-state index contributed by atoms with van der Waals surface area (Å²) in [7, 11) is 1.59. The van der Waals surface area contributed by atoms with Crippen LogP contribution in [0.15, 0.2) is 23.0 Å². The molecule has 3 heterocycles. The lowest BCUT2D eigenvalue weighted by Crippen LogP contribution is -2.71. The minimum Gasteiger partial charge on any atom is -0.472 e. The van der Waals surface area contributed by atoms with Crippen LogP contribution in [0.3, 0.4) is 0 Å². The number of Topliss-reactive ketones (excluding diaryl/α,β-unsaturated/α-hetero) is 1. The van der Waals surface area contributed by atoms with Gasteiger partial charge < -0.3 is 28.5 Å². The van der Waals surface area contributed by atoms with Crippen molar-refractivity contribution in [1.29, 1.82) is 0 Å². The highest BCUT2D eigenvalue weighted by Crippen LogP contribution is 2.71. The van der Waals surface area contributed by atoms with Crippen LogP contribution in [-0.2, 0) is 28.5 Å². The first-order valence-electron chi connectivity index (χ1n) is 11.0. The SMILES string of the molecule is COC1OC(c2ccoc2)CC12C(C)C(=O)C(O)C1(COC(C)=O)C2CCCC12CO2. The highest BCUT2D eigenvalue weighted by molar-refractivity contribution is 5.88. The van der Waals surface area contributed by atoms with Gasteiger partial charge in [0.1, 0.15) is 18.3 Å². The molecule has 5 rings (SSSR count). The fraction of sp³-hybridized carbons (Fsp3) is 0.739. The standard InChI is InChI=1S/C23H30O8/c1-13-18(25)19(26)23(12-29-14(2)24)17(5-4-7-21(23)11-30-21)22(13)9-16(31-20(22)27-3)15-6-8-28-10-15/h6,8,10,13,16-17,19-20,26H,4-5,7,9,11-12H2,1-3H3. The lowest BCUT2D eigenvalue weighted by molar-refractivity contribution is -0.255. The van der Waals surface area contributed by atoms with Crippen molar-refractivity contribution in [3.8, 4) is 0 Å². The van der Waals surface area contributed by atoms with Gasteiger partial charge in [-0.3, -0.25) is 9.59 Å². The van der Waals surface area contributed by atoms with Gasteiger partial charge in [-0.15, -0.1) is 0 Å². The first kappa shape index (κ1) is 21.1. The fourth-order valence-electron chi connectivity index (χ4n) is 7.04. The molecule has 0 bridgehead atoms. The number of hydrogen-bond donors (Lipinski definition) is 1. The van der Waals surface area contributed by atoms with Crippen molar-refractivity contribution in [3.05, 3.63) is 24.2 Å². The first-order chi connectivity index (χ1) is 14.8. The number of hydrogen-bond acceptors (Lipinski definition) is 8. The third-order valence-electron chi connectivity index (χ3n) is 8.58. The number of furan rings is 1. The quantitative estimate of drug-likeness (QED) is 0.569. The van der Waals surface area contributed by atoms with Crippen LogP contribution in [-0.4, -0.2) is 55.2 Å². The molecule has 4 fully saturated rings. The number of ether oxygens (including phenoxy) is 4. The van der Waals surface area contributed by atoms with E-state index in [-0.39, 0.29) is 24.4 Å². The van der Waals surface area contributed by atoms with Crippen molar-refractivity contribution in [1.82, 2.24) is 0 Å². The number of fused-ring (bicyclic) bond motifs is 3. The molecule has 1 aromatic heterocycles. The Hall–Kier alpha value is -1.74. The van der Waals surface area contributed by atoms with E-state index in [4.69, 9.17) is 23.4 Å². The lowest BCUT2D eigenvalue weighted by atomic mass is 9.42. The first-order valence-corrected chi connectivity index (χ1v) is 11.0. The van der Waals surface area contributed by atoms with Gasteiger partial charge in [0, 0.05) is 30.9 Å². The molecule has 4 aliphatic rings. The number of esters is 1. The second-order valence-electron chi connectivity index (χ2n) is 9.64. The van der Waals surface area contributed by atoms with E-state index in [1.165, 1.54) is 6.92 Å². The summed E-state index contributed by atoms with van der Waals surface area (Å²) in [5.41, 5.74) is -1.48. The van der Waals surface area contributed by atoms with Crippen molar-refractivity contribution in [2.45, 2.75) is 63.6 Å². The van der Waals surface area contributed by atoms with Crippen LogP contribution in [0, 0.1) is 22.7 Å². The number of carbonyl (C=O) groups is 2. The van der Waals surface area contributed by atoms with Crippen LogP contribution < -0.4 is 0 Å². The maximum Gasteiger partial charge on any atom is 0.302 e. The molecule has 0 radical (unpaired) electrons. The van der Waals surface area contributed by atoms with Crippen molar-refractivity contribution in [2.24, 2.45) is 22.7 Å². The van der Waals surface area contributed by atoms with Crippen LogP contribution in [0.4, 0.5) is 0 Å². The Labute approximate surface area is 181 Å². The predicted molar refractivity (Wildman–Crippen MR) is 106 cm³/mol. The Balaban J connectivity index is 1.65. The maximum absolute atomic E-state index is 13.6. The van der Waals surface area contributed by atoms with Gasteiger partial charge in [-0.1, -0.05) is 13.3 Å². The molecular formula is C23H30O8. The molecular weight excluding hydrogens is 404 g/mol. The minimum absolute atomic E-state index is 0.0544. The van der Waals surface area contributed by atoms with Gasteiger partial charge in [-0.2, -0.15) is 0 Å². The number of carbonyl (C=O) groups excluding carboxylic acids is 2. The average molecular weight is 434 g/mol. The molecule has 0 aromatic carbocycles. The Morgan fingerprint density at radius 3 is 2.77 bits per heavy atom. The van der Waals surface area contributed by atoms with E-state index in [0.717, 1.165) is 24.8 Å². The molecule has 8 heteroatoms. The monoisotopic (exact) mass is 434 g/mol. The van der Waals surface area contributed by atoms with E-state index in [1.807, 2.05) is 13.0 Å². The lowest BCUT2D eigenvalue weighted by Gasteiger charge is -2.61. The molecule has 1 aromatic rings. The molecule has 8 atom stereocenters. The predicted octanol–water partition coefficient (Wildman–Crippen LogP) is 2.40. The number of ketones is 1. The molecule has 2 saturated carbocycles. The summed E-state index contributed by atoms with van der Waals surface area (Å²) in [6.07, 6.45) is 3.98. The van der Waals surface area contributed by atoms with E-state index in [9.17, 15) is 14.7 Å². The van der Waals surface area contributed by atoms with Gasteiger partial charge in [0.05, 0.1) is 30.7 Å². The topological polar surface area (TPSA) is 108 Å². The van der Waals surface area contributed by atoms with Crippen molar-refractivity contribution in [3.63, 3.8) is 0 Å². The van der Waals surface area contributed by atoms with Crippen molar-refractivity contribution >= 4 is 11.8 Å². The Morgan fingerprint density at radius 2 is 2.16 bits per heavy atom. The van der Waals surface area contributed by atoms with Crippen molar-refractivity contribution < 1.29 is 38.1 Å². The Morgan fingerprint density at radius 1 is 1.39 bits per heavy atom. The third kappa shape index (κ3) is 2.68. The largest absolute Gasteiger partial charge is 0.472 e. The van der Waals surface area contributed by atoms with Crippen LogP contribution in [0.5, 0.6) is 0 Å². The molecule has 31 heavy (non-hydrogen) atoms. The highest BCUT2D eigenvalue weighted by Gasteiger charge is 2.79. The van der Waals surface area contributed by atoms with Crippen molar-refractivity contribution in [2.75, 3.05) is 20.3 Å². The van der Waals surface area contributed by atoms with Crippen LogP contribution >= 0.6 is 0 Å². The fourth-order valence-corrected chi connectivity index (χ4v) is 7.04. The zero-order chi connectivity index (χ0) is 22.0. The molecule has 1 N–H and O–H groups in total. The van der Waals surface area contributed by atoms with E-state index in [0.29, 0.717) is 13.0 Å². The molecule has 2 aliphatic carbocycles. The van der Waals surface area contributed by atoms with Crippen LogP contribution in [0.25, 0.3) is 0 Å². The summed E-state index contributed by atoms with van der Waals surface area (Å²) in [5.74, 6) is -1.38. The summed E-state index contributed by atoms with van der Waals surface area (Å²) >= 11 is 0. The van der Waals surface area contributed by atoms with E-state index >= 15 is 0 Å². The normalized spacial score (nSPS) is 46.3. The highest BCUT2D eigenvalue weighted by atomic mass is 16.7. The van der Waals surface area contributed by atoms with Crippen LogP contribution in [0.1, 0.15) is 51.2 Å². The summed E-state index contributed by atoms with van der Waals surface area (Å²) in [4.78, 5) is 25.4. The maximum atomic E-state index is 13.6. The molecule has 2 aliphatic heterocycles. The summed E-state index contributed by atoms with van der Waals surface area (Å²) in [6, 6.07) is 1.86. The molecule has 2 saturated heterocycles. The average Bonchev–Trinajstić information content (AvgIpc) is 3.18. The van der Waals surface area contributed by atoms with E-state index in [2.05, 4.69) is 0 Å². The van der Waals surface area contributed by atoms with E-state index < -0.39 is 40.7 Å². The Kier molecular flexibility index (Phi) is 4.86. The molecule has 8 unspecified atom stereocenters. The number of aliphatic hydroxyl groups is 1. The summed E-state index contributed by atoms with van der Waals surface area (Å²) < 4.78 is 29.0. The van der Waals surface area contributed by atoms with Gasteiger partial charge >= 0.3 is 5.97 Å². The number of rotatable bonds is 4. The molecule has 8 nitrogen and oxygen atoms in total. The molecule has 170 valence electrons. The van der Waals surface area contributed by atoms with Gasteiger partial charge in [-0.05, 0) is 31.2 Å². The number of methoxy groups -OCH3 is 1. The molecule has 2 spiro atoms. The summed E-state index contributed by atoms with van der Waals surface area (Å²) in [6.45, 7) is 3.60. The van der Waals surface area contributed by atoms with Gasteiger partial charge in [-0.25, -0.2) is 0 Å². The van der Waals surface area contributed by atoms with Crippen LogP contribution in [0.2, 0.25) is 0 Å². The number of aliphatic hydroxyl groups excluding tert-OH is 1. The second kappa shape index (κ2) is 7.13. The zero-order valence-electron chi connectivity index (χ0n) is 18.2.